The molecule has 0 radical (unpaired) electrons. The third-order valence-corrected chi connectivity index (χ3v) is 4.46. The van der Waals surface area contributed by atoms with Crippen molar-refractivity contribution in [2.24, 2.45) is 0 Å². The number of aryl methyl sites for hydroxylation is 2. The Balaban J connectivity index is 1.70. The molecule has 0 bridgehead atoms. The maximum Gasteiger partial charge on any atom is 0.306 e. The van der Waals surface area contributed by atoms with Crippen molar-refractivity contribution in [3.8, 4) is 0 Å². The summed E-state index contributed by atoms with van der Waals surface area (Å²) in [5.74, 6) is -1.61. The fourth-order valence-corrected chi connectivity index (χ4v) is 3.00. The number of esters is 1. The lowest BCUT2D eigenvalue weighted by molar-refractivity contribution is -0.148. The molecule has 0 aliphatic heterocycles. The Morgan fingerprint density at radius 1 is 1.11 bits per heavy atom. The Labute approximate surface area is 158 Å². The van der Waals surface area contributed by atoms with Crippen LogP contribution >= 0.6 is 0 Å². The molecule has 2 rings (SSSR count). The average molecular weight is 374 g/mol. The highest BCUT2D eigenvalue weighted by Crippen LogP contribution is 2.23. The third kappa shape index (κ3) is 6.20. The summed E-state index contributed by atoms with van der Waals surface area (Å²) in [5, 5.41) is 5.02. The minimum atomic E-state index is -0.711. The Morgan fingerprint density at radius 3 is 2.59 bits per heavy atom. The molecule has 0 unspecified atom stereocenters. The smallest absolute Gasteiger partial charge is 0.306 e. The molecule has 0 fully saturated rings. The monoisotopic (exact) mass is 374 g/mol. The van der Waals surface area contributed by atoms with E-state index in [9.17, 15) is 19.2 Å². The highest BCUT2D eigenvalue weighted by molar-refractivity contribution is 5.98. The van der Waals surface area contributed by atoms with Crippen LogP contribution in [0.1, 0.15) is 54.6 Å². The van der Waals surface area contributed by atoms with Crippen LogP contribution in [0.4, 0.5) is 0 Å². The van der Waals surface area contributed by atoms with Crippen molar-refractivity contribution in [2.75, 3.05) is 13.2 Å². The van der Waals surface area contributed by atoms with Crippen LogP contribution in [0.3, 0.4) is 0 Å². The largest absolute Gasteiger partial charge is 0.456 e. The minimum Gasteiger partial charge on any atom is -0.456 e. The van der Waals surface area contributed by atoms with Crippen molar-refractivity contribution in [3.05, 3.63) is 34.9 Å². The van der Waals surface area contributed by atoms with Gasteiger partial charge < -0.3 is 15.4 Å². The van der Waals surface area contributed by atoms with E-state index in [1.807, 2.05) is 12.1 Å². The summed E-state index contributed by atoms with van der Waals surface area (Å²) in [6, 6.07) is 4.98. The number of likely N-dealkylation sites (N-methyl/N-ethyl adjacent to an activating group) is 1. The van der Waals surface area contributed by atoms with Gasteiger partial charge in [0.15, 0.2) is 12.4 Å². The van der Waals surface area contributed by atoms with E-state index in [4.69, 9.17) is 4.74 Å². The van der Waals surface area contributed by atoms with E-state index in [1.165, 1.54) is 11.1 Å². The molecular weight excluding hydrogens is 348 g/mol. The number of ether oxygens (including phenoxy) is 1. The van der Waals surface area contributed by atoms with E-state index in [-0.39, 0.29) is 24.5 Å². The van der Waals surface area contributed by atoms with Crippen molar-refractivity contribution in [2.45, 2.75) is 52.0 Å². The summed E-state index contributed by atoms with van der Waals surface area (Å²) < 4.78 is 4.87. The summed E-state index contributed by atoms with van der Waals surface area (Å²) in [6.45, 7) is 3.31. The molecule has 1 aromatic rings. The first-order valence-electron chi connectivity index (χ1n) is 9.28. The zero-order valence-electron chi connectivity index (χ0n) is 15.8. The molecule has 7 heteroatoms. The zero-order valence-corrected chi connectivity index (χ0v) is 15.8. The van der Waals surface area contributed by atoms with E-state index in [1.54, 1.807) is 19.9 Å². The molecule has 2 amide bonds. The van der Waals surface area contributed by atoms with Crippen molar-refractivity contribution in [1.82, 2.24) is 10.6 Å². The van der Waals surface area contributed by atoms with Gasteiger partial charge in [0, 0.05) is 18.5 Å². The second kappa shape index (κ2) is 9.85. The number of hydrogen-bond acceptors (Lipinski definition) is 5. The van der Waals surface area contributed by atoms with Crippen molar-refractivity contribution in [1.29, 1.82) is 0 Å². The first kappa shape index (κ1) is 20.6. The van der Waals surface area contributed by atoms with E-state index in [2.05, 4.69) is 10.6 Å². The number of carbonyl (C=O) groups excluding carboxylic acids is 4. The number of fused-ring (bicyclic) bond motifs is 1. The molecule has 1 aliphatic carbocycles. The van der Waals surface area contributed by atoms with Crippen LogP contribution in [0.25, 0.3) is 0 Å². The molecule has 0 aromatic heterocycles. The lowest BCUT2D eigenvalue weighted by Gasteiger charge is -2.13. The quantitative estimate of drug-likeness (QED) is 0.501. The molecule has 7 nitrogen and oxygen atoms in total. The first-order valence-corrected chi connectivity index (χ1v) is 9.28. The average Bonchev–Trinajstić information content (AvgIpc) is 3.12. The van der Waals surface area contributed by atoms with E-state index in [0.29, 0.717) is 12.1 Å². The summed E-state index contributed by atoms with van der Waals surface area (Å²) in [6.07, 6.45) is 3.10. The normalized spacial score (nSPS) is 13.4. The van der Waals surface area contributed by atoms with Gasteiger partial charge in [-0.15, -0.1) is 0 Å². The minimum absolute atomic E-state index is 0.0363. The number of hydrogen-bond donors (Lipinski definition) is 2. The van der Waals surface area contributed by atoms with Crippen LogP contribution < -0.4 is 10.6 Å². The summed E-state index contributed by atoms with van der Waals surface area (Å²) in [7, 11) is 0. The van der Waals surface area contributed by atoms with Gasteiger partial charge in [-0.1, -0.05) is 12.1 Å². The van der Waals surface area contributed by atoms with Gasteiger partial charge in [-0.25, -0.2) is 0 Å². The standard InChI is InChI=1S/C20H26N2O5/c1-3-21-20(26)13(2)22-18(24)12-27-19(25)10-9-17(23)16-8-7-14-5-4-6-15(14)11-16/h7-8,11,13H,3-6,9-10,12H2,1-2H3,(H,21,26)(H,22,24)/t13-/m1/s1. The van der Waals surface area contributed by atoms with E-state index in [0.717, 1.165) is 19.3 Å². The van der Waals surface area contributed by atoms with Crippen LogP contribution in [-0.2, 0) is 32.0 Å². The third-order valence-electron chi connectivity index (χ3n) is 4.46. The molecule has 0 saturated carbocycles. The van der Waals surface area contributed by atoms with Crippen LogP contribution in [0.15, 0.2) is 18.2 Å². The molecule has 1 aromatic carbocycles. The number of rotatable bonds is 9. The van der Waals surface area contributed by atoms with Gasteiger partial charge in [0.25, 0.3) is 5.91 Å². The Kier molecular flexibility index (Phi) is 7.52. The van der Waals surface area contributed by atoms with Crippen LogP contribution in [-0.4, -0.2) is 42.8 Å². The lowest BCUT2D eigenvalue weighted by Crippen LogP contribution is -2.46. The Hall–Kier alpha value is -2.70. The van der Waals surface area contributed by atoms with Crippen molar-refractivity contribution < 1.29 is 23.9 Å². The first-order chi connectivity index (χ1) is 12.9. The fourth-order valence-electron chi connectivity index (χ4n) is 3.00. The molecule has 1 aliphatic rings. The van der Waals surface area contributed by atoms with E-state index < -0.39 is 24.5 Å². The van der Waals surface area contributed by atoms with Gasteiger partial charge in [0.05, 0.1) is 6.42 Å². The molecule has 0 spiro atoms. The molecule has 27 heavy (non-hydrogen) atoms. The van der Waals surface area contributed by atoms with Gasteiger partial charge in [-0.2, -0.15) is 0 Å². The highest BCUT2D eigenvalue weighted by Gasteiger charge is 2.17. The van der Waals surface area contributed by atoms with Gasteiger partial charge in [-0.3, -0.25) is 19.2 Å². The summed E-state index contributed by atoms with van der Waals surface area (Å²) >= 11 is 0. The van der Waals surface area contributed by atoms with Crippen LogP contribution in [0.2, 0.25) is 0 Å². The Morgan fingerprint density at radius 2 is 1.85 bits per heavy atom. The highest BCUT2D eigenvalue weighted by atomic mass is 16.5. The maximum atomic E-state index is 12.2. The lowest BCUT2D eigenvalue weighted by atomic mass is 10.0. The molecule has 146 valence electrons. The maximum absolute atomic E-state index is 12.2. The SMILES string of the molecule is CCNC(=O)[C@@H](C)NC(=O)COC(=O)CCC(=O)c1ccc2c(c1)CCC2. The predicted octanol–water partition coefficient (Wildman–Crippen LogP) is 1.32. The van der Waals surface area contributed by atoms with Gasteiger partial charge >= 0.3 is 5.97 Å². The number of ketones is 1. The number of nitrogens with one attached hydrogen (secondary N) is 2. The molecule has 2 N–H and O–H groups in total. The second-order valence-corrected chi connectivity index (χ2v) is 6.60. The van der Waals surface area contributed by atoms with Crippen LogP contribution in [0.5, 0.6) is 0 Å². The zero-order chi connectivity index (χ0) is 19.8. The summed E-state index contributed by atoms with van der Waals surface area (Å²) in [4.78, 5) is 47.2. The predicted molar refractivity (Wildman–Crippen MR) is 99.3 cm³/mol. The number of benzene rings is 1. The van der Waals surface area contributed by atoms with E-state index >= 15 is 0 Å². The number of Topliss-reactive ketones (excluding diaryl/α,β-unsaturated/α-hetero) is 1. The molecular formula is C20H26N2O5. The number of carbonyl (C=O) groups is 4. The van der Waals surface area contributed by atoms with Crippen molar-refractivity contribution in [3.63, 3.8) is 0 Å². The second-order valence-electron chi connectivity index (χ2n) is 6.60. The molecule has 1 atom stereocenters. The molecule has 0 saturated heterocycles. The van der Waals surface area contributed by atoms with Crippen LogP contribution in [0, 0.1) is 0 Å². The van der Waals surface area contributed by atoms with Crippen molar-refractivity contribution >= 4 is 23.6 Å². The molecule has 0 heterocycles. The number of amides is 2. The summed E-state index contributed by atoms with van der Waals surface area (Å²) in [5.41, 5.74) is 3.11. The van der Waals surface area contributed by atoms with Gasteiger partial charge in [0.2, 0.25) is 5.91 Å². The Bertz CT molecular complexity index is 729. The van der Waals surface area contributed by atoms with Gasteiger partial charge in [0.1, 0.15) is 6.04 Å². The fraction of sp³-hybridized carbons (Fsp3) is 0.500. The van der Waals surface area contributed by atoms with Gasteiger partial charge in [-0.05, 0) is 50.3 Å². The topological polar surface area (TPSA) is 102 Å².